The maximum Gasteiger partial charge on any atom is 0.268 e. The van der Waals surface area contributed by atoms with Crippen LogP contribution in [-0.4, -0.2) is 22.9 Å². The number of aliphatic hydroxyl groups is 1. The fourth-order valence-corrected chi connectivity index (χ4v) is 1.64. The summed E-state index contributed by atoms with van der Waals surface area (Å²) in [5.74, 6) is 5.93. The summed E-state index contributed by atoms with van der Waals surface area (Å²) in [5, 5.41) is 8.97. The highest BCUT2D eigenvalue weighted by atomic mass is 32.2. The number of nitrogen functional groups attached to an aromatic ring is 1. The number of aliphatic hydroxyl groups excluding tert-OH is 1. The Bertz CT molecular complexity index is 327. The fraction of sp³-hybridized carbons (Fsp3) is 0.444. The Morgan fingerprint density at radius 1 is 1.80 bits per heavy atom. The average Bonchev–Trinajstić information content (AvgIpc) is 2.73. The van der Waals surface area contributed by atoms with Crippen LogP contribution >= 0.6 is 11.8 Å². The number of rotatable bonds is 5. The largest absolute Gasteiger partial charge is 0.468 e. The standard InChI is InChI=1S/C9H14N2O3S/c1-6(3-12)15-5-8-2-7(4-14-8)9(13)11-10/h2,4,6,12H,3,5,10H2,1H3,(H,11,13). The highest BCUT2D eigenvalue weighted by molar-refractivity contribution is 7.99. The number of nitrogens with one attached hydrogen (secondary N) is 1. The van der Waals surface area contributed by atoms with Crippen LogP contribution in [0.1, 0.15) is 23.0 Å². The van der Waals surface area contributed by atoms with E-state index in [0.717, 1.165) is 0 Å². The van der Waals surface area contributed by atoms with E-state index in [1.807, 2.05) is 12.3 Å². The maximum absolute atomic E-state index is 11.1. The predicted molar refractivity (Wildman–Crippen MR) is 58.2 cm³/mol. The lowest BCUT2D eigenvalue weighted by atomic mass is 10.3. The Morgan fingerprint density at radius 3 is 3.13 bits per heavy atom. The van der Waals surface area contributed by atoms with Crippen molar-refractivity contribution in [2.75, 3.05) is 6.61 Å². The van der Waals surface area contributed by atoms with Crippen molar-refractivity contribution >= 4 is 17.7 Å². The molecular weight excluding hydrogens is 216 g/mol. The van der Waals surface area contributed by atoms with E-state index in [0.29, 0.717) is 17.1 Å². The first-order valence-electron chi connectivity index (χ1n) is 4.48. The minimum Gasteiger partial charge on any atom is -0.468 e. The third-order valence-corrected chi connectivity index (χ3v) is 2.98. The molecule has 4 N–H and O–H groups in total. The molecule has 84 valence electrons. The van der Waals surface area contributed by atoms with Crippen molar-refractivity contribution in [3.63, 3.8) is 0 Å². The topological polar surface area (TPSA) is 88.5 Å². The molecule has 1 heterocycles. The molecule has 0 fully saturated rings. The predicted octanol–water partition coefficient (Wildman–Crippen LogP) is 0.497. The molecule has 0 radical (unpaired) electrons. The van der Waals surface area contributed by atoms with Gasteiger partial charge in [0, 0.05) is 5.25 Å². The van der Waals surface area contributed by atoms with E-state index in [1.165, 1.54) is 6.26 Å². The van der Waals surface area contributed by atoms with Crippen LogP contribution in [0, 0.1) is 0 Å². The Morgan fingerprint density at radius 2 is 2.53 bits per heavy atom. The second-order valence-corrected chi connectivity index (χ2v) is 4.51. The third-order valence-electron chi connectivity index (χ3n) is 1.81. The normalized spacial score (nSPS) is 12.5. The average molecular weight is 230 g/mol. The van der Waals surface area contributed by atoms with Crippen LogP contribution in [0.5, 0.6) is 0 Å². The number of hydrogen-bond donors (Lipinski definition) is 3. The second-order valence-electron chi connectivity index (χ2n) is 3.08. The molecule has 0 saturated heterocycles. The van der Waals surface area contributed by atoms with Gasteiger partial charge in [0.1, 0.15) is 12.0 Å². The molecule has 0 bridgehead atoms. The summed E-state index contributed by atoms with van der Waals surface area (Å²) in [7, 11) is 0. The van der Waals surface area contributed by atoms with Crippen molar-refractivity contribution < 1.29 is 14.3 Å². The van der Waals surface area contributed by atoms with E-state index in [4.69, 9.17) is 15.4 Å². The van der Waals surface area contributed by atoms with E-state index >= 15 is 0 Å². The second kappa shape index (κ2) is 5.79. The van der Waals surface area contributed by atoms with Gasteiger partial charge in [0.15, 0.2) is 0 Å². The van der Waals surface area contributed by atoms with Crippen molar-refractivity contribution in [1.29, 1.82) is 0 Å². The Labute approximate surface area is 92.0 Å². The van der Waals surface area contributed by atoms with Crippen LogP contribution < -0.4 is 11.3 Å². The lowest BCUT2D eigenvalue weighted by Crippen LogP contribution is -2.29. The van der Waals surface area contributed by atoms with Gasteiger partial charge in [0.2, 0.25) is 0 Å². The lowest BCUT2D eigenvalue weighted by Gasteiger charge is -2.04. The zero-order valence-corrected chi connectivity index (χ0v) is 9.21. The van der Waals surface area contributed by atoms with Gasteiger partial charge in [-0.3, -0.25) is 10.2 Å². The van der Waals surface area contributed by atoms with E-state index in [-0.39, 0.29) is 17.8 Å². The first kappa shape index (κ1) is 12.1. The van der Waals surface area contributed by atoms with Gasteiger partial charge in [-0.2, -0.15) is 0 Å². The molecule has 1 aromatic rings. The molecule has 1 unspecified atom stereocenters. The van der Waals surface area contributed by atoms with E-state index < -0.39 is 0 Å². The zero-order valence-electron chi connectivity index (χ0n) is 8.40. The maximum atomic E-state index is 11.1. The summed E-state index contributed by atoms with van der Waals surface area (Å²) in [6.45, 7) is 2.04. The molecule has 6 heteroatoms. The SMILES string of the molecule is CC(CO)SCc1cc(C(=O)NN)co1. The molecule has 0 aliphatic rings. The van der Waals surface area contributed by atoms with Gasteiger partial charge < -0.3 is 9.52 Å². The monoisotopic (exact) mass is 230 g/mol. The molecule has 0 saturated carbocycles. The number of nitrogens with two attached hydrogens (primary N) is 1. The number of hydrogen-bond acceptors (Lipinski definition) is 5. The molecule has 5 nitrogen and oxygen atoms in total. The van der Waals surface area contributed by atoms with Crippen molar-refractivity contribution in [2.24, 2.45) is 5.84 Å². The molecule has 1 atom stereocenters. The summed E-state index contributed by atoms with van der Waals surface area (Å²) in [6, 6.07) is 1.64. The van der Waals surface area contributed by atoms with E-state index in [9.17, 15) is 4.79 Å². The van der Waals surface area contributed by atoms with Gasteiger partial charge in [0.25, 0.3) is 5.91 Å². The number of carbonyl (C=O) groups excluding carboxylic acids is 1. The summed E-state index contributed by atoms with van der Waals surface area (Å²) >= 11 is 1.56. The van der Waals surface area contributed by atoms with Crippen molar-refractivity contribution in [1.82, 2.24) is 5.43 Å². The first-order valence-corrected chi connectivity index (χ1v) is 5.53. The lowest BCUT2D eigenvalue weighted by molar-refractivity contribution is 0.0953. The van der Waals surface area contributed by atoms with Crippen LogP contribution in [0.4, 0.5) is 0 Å². The first-order chi connectivity index (χ1) is 7.17. The van der Waals surface area contributed by atoms with Gasteiger partial charge in [-0.1, -0.05) is 6.92 Å². The van der Waals surface area contributed by atoms with Crippen LogP contribution in [0.25, 0.3) is 0 Å². The molecule has 0 aromatic carbocycles. The minimum atomic E-state index is -0.370. The molecule has 1 amide bonds. The molecule has 0 spiro atoms. The summed E-state index contributed by atoms with van der Waals surface area (Å²) in [4.78, 5) is 11.1. The summed E-state index contributed by atoms with van der Waals surface area (Å²) in [6.07, 6.45) is 1.36. The van der Waals surface area contributed by atoms with Gasteiger partial charge >= 0.3 is 0 Å². The zero-order chi connectivity index (χ0) is 11.3. The third kappa shape index (κ3) is 3.58. The summed E-state index contributed by atoms with van der Waals surface area (Å²) in [5.41, 5.74) is 2.43. The van der Waals surface area contributed by atoms with E-state index in [1.54, 1.807) is 17.8 Å². The number of carbonyl (C=O) groups is 1. The quantitative estimate of drug-likeness (QED) is 0.389. The van der Waals surface area contributed by atoms with Crippen molar-refractivity contribution in [3.05, 3.63) is 23.7 Å². The highest BCUT2D eigenvalue weighted by Crippen LogP contribution is 2.19. The van der Waals surface area contributed by atoms with Crippen molar-refractivity contribution in [3.8, 4) is 0 Å². The highest BCUT2D eigenvalue weighted by Gasteiger charge is 2.09. The molecule has 0 aliphatic carbocycles. The Balaban J connectivity index is 2.49. The van der Waals surface area contributed by atoms with Crippen molar-refractivity contribution in [2.45, 2.75) is 17.9 Å². The van der Waals surface area contributed by atoms with Crippen LogP contribution in [-0.2, 0) is 5.75 Å². The molecular formula is C9H14N2O3S. The number of hydrazine groups is 1. The van der Waals surface area contributed by atoms with Crippen LogP contribution in [0.3, 0.4) is 0 Å². The van der Waals surface area contributed by atoms with Crippen LogP contribution in [0.2, 0.25) is 0 Å². The van der Waals surface area contributed by atoms with Gasteiger partial charge in [-0.15, -0.1) is 11.8 Å². The number of thioether (sulfide) groups is 1. The fourth-order valence-electron chi connectivity index (χ4n) is 0.936. The van der Waals surface area contributed by atoms with Gasteiger partial charge in [0.05, 0.1) is 17.9 Å². The van der Waals surface area contributed by atoms with Gasteiger partial charge in [-0.25, -0.2) is 5.84 Å². The number of amides is 1. The molecule has 1 rings (SSSR count). The smallest absolute Gasteiger partial charge is 0.268 e. The number of furan rings is 1. The summed E-state index contributed by atoms with van der Waals surface area (Å²) < 4.78 is 5.16. The minimum absolute atomic E-state index is 0.127. The molecule has 15 heavy (non-hydrogen) atoms. The van der Waals surface area contributed by atoms with Gasteiger partial charge in [-0.05, 0) is 6.07 Å². The van der Waals surface area contributed by atoms with Crippen LogP contribution in [0.15, 0.2) is 16.7 Å². The van der Waals surface area contributed by atoms with E-state index in [2.05, 4.69) is 0 Å². The molecule has 1 aromatic heterocycles. The Kier molecular flexibility index (Phi) is 4.67. The molecule has 0 aliphatic heterocycles. The Hall–Kier alpha value is -0.980.